The lowest BCUT2D eigenvalue weighted by molar-refractivity contribution is 0.187. The first kappa shape index (κ1) is 21.9. The molecule has 5 rings (SSSR count). The molecule has 33 heavy (non-hydrogen) atoms. The van der Waals surface area contributed by atoms with Crippen LogP contribution in [-0.2, 0) is 24.9 Å². The fraction of sp³-hybridized carbons (Fsp3) is 0.407. The zero-order valence-electron chi connectivity index (χ0n) is 19.9. The van der Waals surface area contributed by atoms with E-state index in [-0.39, 0.29) is 0 Å². The highest BCUT2D eigenvalue weighted by Crippen LogP contribution is 2.31. The Morgan fingerprint density at radius 1 is 1.09 bits per heavy atom. The van der Waals surface area contributed by atoms with Crippen LogP contribution >= 0.6 is 0 Å². The Morgan fingerprint density at radius 3 is 2.73 bits per heavy atom. The van der Waals surface area contributed by atoms with Gasteiger partial charge >= 0.3 is 0 Å². The number of pyridine rings is 1. The first-order chi connectivity index (χ1) is 16.1. The molecule has 0 aliphatic carbocycles. The van der Waals surface area contributed by atoms with Crippen molar-refractivity contribution in [2.45, 2.75) is 38.8 Å². The number of likely N-dealkylation sites (tertiary alicyclic amines) is 1. The summed E-state index contributed by atoms with van der Waals surface area (Å²) in [5.74, 6) is 0.476. The maximum Gasteiger partial charge on any atom is 0.0642 e. The summed E-state index contributed by atoms with van der Waals surface area (Å²) in [5.41, 5.74) is 7.55. The molecule has 0 saturated carbocycles. The second-order valence-corrected chi connectivity index (χ2v) is 9.17. The lowest BCUT2D eigenvalue weighted by Crippen LogP contribution is -2.34. The number of para-hydroxylation sites is 1. The van der Waals surface area contributed by atoms with Gasteiger partial charge in [0, 0.05) is 85.5 Å². The number of hydrogen-bond acceptors (Lipinski definition) is 4. The Kier molecular flexibility index (Phi) is 6.29. The van der Waals surface area contributed by atoms with Crippen LogP contribution in [0.25, 0.3) is 22.0 Å². The number of aryl methyl sites for hydroxylation is 1. The molecule has 3 aromatic heterocycles. The molecule has 4 aromatic rings. The molecule has 6 heteroatoms. The largest absolute Gasteiger partial charge is 0.383 e. The van der Waals surface area contributed by atoms with Gasteiger partial charge in [0.05, 0.1) is 12.8 Å². The van der Waals surface area contributed by atoms with Gasteiger partial charge in [-0.3, -0.25) is 14.6 Å². The minimum absolute atomic E-state index is 0.476. The standard InChI is InChI=1S/C27H33N5O/c1-20-25(24-8-4-5-9-27(24)32(20)13-14-33-3)19-31-12-6-7-22(18-31)26-11-10-21(15-28-26)23-16-29-30(2)17-23/h4-5,8-11,15-17,22H,6-7,12-14,18-19H2,1-3H3. The average molecular weight is 444 g/mol. The fourth-order valence-corrected chi connectivity index (χ4v) is 5.23. The van der Waals surface area contributed by atoms with Crippen LogP contribution in [0.4, 0.5) is 0 Å². The van der Waals surface area contributed by atoms with E-state index in [0.717, 1.165) is 43.9 Å². The summed E-state index contributed by atoms with van der Waals surface area (Å²) in [6.07, 6.45) is 8.33. The molecular weight excluding hydrogens is 410 g/mol. The number of methoxy groups -OCH3 is 1. The minimum atomic E-state index is 0.476. The second kappa shape index (κ2) is 9.49. The third kappa shape index (κ3) is 4.45. The molecular formula is C27H33N5O. The Balaban J connectivity index is 1.34. The molecule has 0 bridgehead atoms. The molecule has 1 saturated heterocycles. The van der Waals surface area contributed by atoms with Crippen LogP contribution in [0.15, 0.2) is 55.0 Å². The summed E-state index contributed by atoms with van der Waals surface area (Å²) in [6.45, 7) is 7.05. The van der Waals surface area contributed by atoms with Gasteiger partial charge in [0.1, 0.15) is 0 Å². The molecule has 1 atom stereocenters. The van der Waals surface area contributed by atoms with Crippen molar-refractivity contribution >= 4 is 10.9 Å². The van der Waals surface area contributed by atoms with Crippen LogP contribution in [-0.4, -0.2) is 51.0 Å². The van der Waals surface area contributed by atoms with E-state index < -0.39 is 0 Å². The predicted octanol–water partition coefficient (Wildman–Crippen LogP) is 4.77. The Bertz CT molecular complexity index is 1220. The molecule has 172 valence electrons. The van der Waals surface area contributed by atoms with Gasteiger partial charge in [0.2, 0.25) is 0 Å². The van der Waals surface area contributed by atoms with Crippen LogP contribution < -0.4 is 0 Å². The Hall–Kier alpha value is -2.96. The van der Waals surface area contributed by atoms with Crippen molar-refractivity contribution in [1.29, 1.82) is 0 Å². The Morgan fingerprint density at radius 2 is 1.97 bits per heavy atom. The van der Waals surface area contributed by atoms with Crippen molar-refractivity contribution < 1.29 is 4.74 Å². The number of nitrogens with zero attached hydrogens (tertiary/aromatic N) is 5. The highest BCUT2D eigenvalue weighted by atomic mass is 16.5. The van der Waals surface area contributed by atoms with Crippen molar-refractivity contribution in [3.63, 3.8) is 0 Å². The van der Waals surface area contributed by atoms with E-state index in [1.165, 1.54) is 40.7 Å². The van der Waals surface area contributed by atoms with Gasteiger partial charge in [-0.2, -0.15) is 5.10 Å². The molecule has 6 nitrogen and oxygen atoms in total. The average Bonchev–Trinajstić information content (AvgIpc) is 3.39. The van der Waals surface area contributed by atoms with E-state index in [9.17, 15) is 0 Å². The van der Waals surface area contributed by atoms with Crippen LogP contribution in [0, 0.1) is 6.92 Å². The highest BCUT2D eigenvalue weighted by molar-refractivity contribution is 5.85. The van der Waals surface area contributed by atoms with Gasteiger partial charge in [-0.15, -0.1) is 0 Å². The molecule has 4 heterocycles. The van der Waals surface area contributed by atoms with Crippen LogP contribution in [0.5, 0.6) is 0 Å². The summed E-state index contributed by atoms with van der Waals surface area (Å²) in [7, 11) is 3.71. The summed E-state index contributed by atoms with van der Waals surface area (Å²) < 4.78 is 9.61. The topological polar surface area (TPSA) is 48.1 Å². The summed E-state index contributed by atoms with van der Waals surface area (Å²) >= 11 is 0. The smallest absolute Gasteiger partial charge is 0.0642 e. The summed E-state index contributed by atoms with van der Waals surface area (Å²) in [4.78, 5) is 7.46. The predicted molar refractivity (Wildman–Crippen MR) is 132 cm³/mol. The van der Waals surface area contributed by atoms with Gasteiger partial charge in [0.25, 0.3) is 0 Å². The van der Waals surface area contributed by atoms with E-state index in [4.69, 9.17) is 9.72 Å². The first-order valence-corrected chi connectivity index (χ1v) is 11.9. The summed E-state index contributed by atoms with van der Waals surface area (Å²) in [5, 5.41) is 5.64. The number of piperidine rings is 1. The van der Waals surface area contributed by atoms with Gasteiger partial charge < -0.3 is 9.30 Å². The van der Waals surface area contributed by atoms with Crippen molar-refractivity contribution in [1.82, 2.24) is 24.2 Å². The number of benzene rings is 1. The normalized spacial score (nSPS) is 17.1. The van der Waals surface area contributed by atoms with Crippen LogP contribution in [0.3, 0.4) is 0 Å². The second-order valence-electron chi connectivity index (χ2n) is 9.17. The van der Waals surface area contributed by atoms with Crippen molar-refractivity contribution in [3.05, 3.63) is 71.9 Å². The molecule has 1 aromatic carbocycles. The van der Waals surface area contributed by atoms with E-state index in [0.29, 0.717) is 5.92 Å². The van der Waals surface area contributed by atoms with E-state index in [2.05, 4.69) is 57.9 Å². The van der Waals surface area contributed by atoms with E-state index in [1.807, 2.05) is 30.3 Å². The van der Waals surface area contributed by atoms with Crippen LogP contribution in [0.2, 0.25) is 0 Å². The lowest BCUT2D eigenvalue weighted by atomic mass is 9.93. The van der Waals surface area contributed by atoms with Gasteiger partial charge in [-0.05, 0) is 44.0 Å². The molecule has 1 fully saturated rings. The van der Waals surface area contributed by atoms with Crippen LogP contribution in [0.1, 0.15) is 35.7 Å². The SMILES string of the molecule is COCCn1c(C)c(CN2CCCC(c3ccc(-c4cnn(C)c4)cn3)C2)c2ccccc21. The number of rotatable bonds is 7. The van der Waals surface area contributed by atoms with Crippen molar-refractivity contribution in [3.8, 4) is 11.1 Å². The number of hydrogen-bond donors (Lipinski definition) is 0. The Labute approximate surface area is 195 Å². The number of aromatic nitrogens is 4. The first-order valence-electron chi connectivity index (χ1n) is 11.9. The zero-order valence-corrected chi connectivity index (χ0v) is 19.9. The van der Waals surface area contributed by atoms with Gasteiger partial charge in [0.15, 0.2) is 0 Å². The maximum absolute atomic E-state index is 5.37. The van der Waals surface area contributed by atoms with Crippen molar-refractivity contribution in [2.75, 3.05) is 26.8 Å². The molecule has 0 amide bonds. The maximum atomic E-state index is 5.37. The number of fused-ring (bicyclic) bond motifs is 1. The third-order valence-electron chi connectivity index (χ3n) is 7.01. The van der Waals surface area contributed by atoms with Crippen molar-refractivity contribution in [2.24, 2.45) is 7.05 Å². The van der Waals surface area contributed by atoms with Gasteiger partial charge in [-0.1, -0.05) is 24.3 Å². The molecule has 1 aliphatic heterocycles. The lowest BCUT2D eigenvalue weighted by Gasteiger charge is -2.32. The van der Waals surface area contributed by atoms with Gasteiger partial charge in [-0.25, -0.2) is 0 Å². The zero-order chi connectivity index (χ0) is 22.8. The third-order valence-corrected chi connectivity index (χ3v) is 7.01. The number of ether oxygens (including phenoxy) is 1. The molecule has 0 N–H and O–H groups in total. The molecule has 1 unspecified atom stereocenters. The quantitative estimate of drug-likeness (QED) is 0.413. The van der Waals surface area contributed by atoms with E-state index in [1.54, 1.807) is 7.11 Å². The monoisotopic (exact) mass is 443 g/mol. The highest BCUT2D eigenvalue weighted by Gasteiger charge is 2.24. The summed E-state index contributed by atoms with van der Waals surface area (Å²) in [6, 6.07) is 13.2. The fourth-order valence-electron chi connectivity index (χ4n) is 5.23. The van der Waals surface area contributed by atoms with E-state index >= 15 is 0 Å². The molecule has 0 radical (unpaired) electrons. The molecule has 0 spiro atoms. The molecule has 1 aliphatic rings. The minimum Gasteiger partial charge on any atom is -0.383 e.